The zero-order valence-corrected chi connectivity index (χ0v) is 19.3. The van der Waals surface area contributed by atoms with Gasteiger partial charge in [-0.15, -0.1) is 0 Å². The summed E-state index contributed by atoms with van der Waals surface area (Å²) in [4.78, 5) is 0. The van der Waals surface area contributed by atoms with E-state index >= 15 is 0 Å². The molecule has 7 rings (SSSR count). The van der Waals surface area contributed by atoms with E-state index in [0.29, 0.717) is 5.92 Å². The topological polar surface area (TPSA) is 97.6 Å². The Morgan fingerprint density at radius 2 is 1.84 bits per heavy atom. The van der Waals surface area contributed by atoms with Gasteiger partial charge >= 0.3 is 0 Å². The molecule has 3 N–H and O–H groups in total. The highest BCUT2D eigenvalue weighted by molar-refractivity contribution is 5.41. The van der Waals surface area contributed by atoms with E-state index in [0.717, 1.165) is 31.3 Å². The lowest BCUT2D eigenvalue weighted by molar-refractivity contribution is -0.435. The van der Waals surface area contributed by atoms with Crippen molar-refractivity contribution in [3.8, 4) is 0 Å². The summed E-state index contributed by atoms with van der Waals surface area (Å²) < 4.78 is 24.0. The summed E-state index contributed by atoms with van der Waals surface area (Å²) in [5.74, 6) is -4.20. The molecule has 7 nitrogen and oxygen atoms in total. The molecule has 4 heterocycles. The zero-order chi connectivity index (χ0) is 22.5. The van der Waals surface area contributed by atoms with Crippen LogP contribution in [0.25, 0.3) is 0 Å². The molecule has 10 atom stereocenters. The molecule has 2 bridgehead atoms. The van der Waals surface area contributed by atoms with Crippen LogP contribution in [-0.4, -0.2) is 57.8 Å². The molecule has 0 spiro atoms. The summed E-state index contributed by atoms with van der Waals surface area (Å²) >= 11 is 0. The Kier molecular flexibility index (Phi) is 3.66. The van der Waals surface area contributed by atoms with Gasteiger partial charge in [-0.05, 0) is 54.9 Å². The van der Waals surface area contributed by atoms with Gasteiger partial charge in [0.15, 0.2) is 18.2 Å². The number of ether oxygens (including phenoxy) is 4. The Morgan fingerprint density at radius 3 is 2.59 bits per heavy atom. The van der Waals surface area contributed by atoms with Crippen LogP contribution in [0.5, 0.6) is 0 Å². The van der Waals surface area contributed by atoms with Crippen LogP contribution >= 0.6 is 0 Å². The molecule has 0 amide bonds. The fraction of sp³-hybridized carbons (Fsp3) is 0.840. The maximum absolute atomic E-state index is 12.0. The van der Waals surface area contributed by atoms with Crippen LogP contribution in [0.1, 0.15) is 59.8 Å². The van der Waals surface area contributed by atoms with Crippen molar-refractivity contribution in [2.45, 2.75) is 95.7 Å². The third kappa shape index (κ3) is 1.95. The molecule has 0 aromatic heterocycles. The Bertz CT molecular complexity index is 973. The van der Waals surface area contributed by atoms with Crippen molar-refractivity contribution in [3.63, 3.8) is 0 Å². The molecule has 32 heavy (non-hydrogen) atoms. The van der Waals surface area contributed by atoms with Crippen LogP contribution in [0.2, 0.25) is 0 Å². The molecule has 7 heteroatoms. The normalized spacial score (nSPS) is 59.8. The molecule has 0 aromatic rings. The lowest BCUT2D eigenvalue weighted by Gasteiger charge is -2.54. The van der Waals surface area contributed by atoms with E-state index in [-0.39, 0.29) is 29.5 Å². The first-order valence-corrected chi connectivity index (χ1v) is 12.2. The molecule has 0 unspecified atom stereocenters. The number of hydrogen-bond donors (Lipinski definition) is 3. The predicted octanol–water partition coefficient (Wildman–Crippen LogP) is 2.35. The van der Waals surface area contributed by atoms with Gasteiger partial charge in [0.1, 0.15) is 6.61 Å². The second kappa shape index (κ2) is 5.70. The summed E-state index contributed by atoms with van der Waals surface area (Å²) in [5.41, 5.74) is 1.97. The van der Waals surface area contributed by atoms with Crippen molar-refractivity contribution >= 4 is 0 Å². The largest absolute Gasteiger partial charge is 0.379 e. The summed E-state index contributed by atoms with van der Waals surface area (Å²) in [6, 6.07) is 0. The van der Waals surface area contributed by atoms with Crippen LogP contribution in [0, 0.1) is 28.6 Å². The lowest BCUT2D eigenvalue weighted by atomic mass is 9.52. The molecule has 0 aromatic carbocycles. The van der Waals surface area contributed by atoms with Gasteiger partial charge in [0.2, 0.25) is 0 Å². The van der Waals surface area contributed by atoms with Crippen molar-refractivity contribution in [1.29, 1.82) is 0 Å². The maximum atomic E-state index is 12.0. The molecular weight excluding hydrogens is 412 g/mol. The first kappa shape index (κ1) is 20.6. The van der Waals surface area contributed by atoms with Crippen LogP contribution in [-0.2, 0) is 18.9 Å². The van der Waals surface area contributed by atoms with E-state index in [1.165, 1.54) is 6.42 Å². The fourth-order valence-electron chi connectivity index (χ4n) is 8.56. The zero-order valence-electron chi connectivity index (χ0n) is 19.3. The van der Waals surface area contributed by atoms with E-state index in [1.54, 1.807) is 11.1 Å². The highest BCUT2D eigenvalue weighted by Crippen LogP contribution is 2.70. The fourth-order valence-corrected chi connectivity index (χ4v) is 8.56. The summed E-state index contributed by atoms with van der Waals surface area (Å²) in [6.07, 6.45) is 4.99. The second-order valence-corrected chi connectivity index (χ2v) is 12.2. The van der Waals surface area contributed by atoms with Gasteiger partial charge < -0.3 is 34.3 Å². The van der Waals surface area contributed by atoms with Gasteiger partial charge in [-0.3, -0.25) is 0 Å². The van der Waals surface area contributed by atoms with E-state index in [4.69, 9.17) is 18.9 Å². The first-order valence-electron chi connectivity index (χ1n) is 12.2. The van der Waals surface area contributed by atoms with Gasteiger partial charge in [0.05, 0.1) is 12.0 Å². The minimum absolute atomic E-state index is 0.209. The van der Waals surface area contributed by atoms with Crippen LogP contribution in [0.3, 0.4) is 0 Å². The van der Waals surface area contributed by atoms with E-state index in [1.807, 2.05) is 0 Å². The number of aliphatic hydroxyl groups is 3. The van der Waals surface area contributed by atoms with Gasteiger partial charge in [0, 0.05) is 5.41 Å². The third-order valence-corrected chi connectivity index (χ3v) is 10.4. The van der Waals surface area contributed by atoms with E-state index in [2.05, 4.69) is 33.8 Å². The Balaban J connectivity index is 1.43. The van der Waals surface area contributed by atoms with Gasteiger partial charge in [-0.2, -0.15) is 0 Å². The predicted molar refractivity (Wildman–Crippen MR) is 112 cm³/mol. The summed E-state index contributed by atoms with van der Waals surface area (Å²) in [5, 5.41) is 34.5. The van der Waals surface area contributed by atoms with Gasteiger partial charge in [-0.1, -0.05) is 44.9 Å². The summed E-state index contributed by atoms with van der Waals surface area (Å²) in [6.45, 7) is 8.98. The smallest absolute Gasteiger partial charge is 0.261 e. The standard InChI is InChI=1S/C25H34O7/c1-12(2)13-7-8-21(3)9-10-22(4)15(16(13)21)6-5-14-17-18(22)30-20-24(17,27)25(28)23(26,11-29-20)31-19(14)32-25/h5,12,15,17-20,26-28H,6-11H2,1-4H3/t15-,17-,18+,19+,20+,21-,22-,23+,24+,25+/m1/s1. The van der Waals surface area contributed by atoms with Gasteiger partial charge in [0.25, 0.3) is 11.6 Å². The lowest BCUT2D eigenvalue weighted by Crippen LogP contribution is -2.77. The molecule has 4 saturated heterocycles. The molecule has 4 aliphatic heterocycles. The number of hydrogen-bond acceptors (Lipinski definition) is 7. The Labute approximate surface area is 188 Å². The number of rotatable bonds is 1. The molecule has 176 valence electrons. The SMILES string of the molecule is CC(C)C1=C2[C@H]3CC=C4[C@@H]5O[C@]6(O)[C@@]7(O)[C@@H](OC[C@]6(O)O5)O[C@@H]([C@@H]47)[C@]3(C)CC[C@@]2(C)CC1. The average Bonchev–Trinajstić information content (AvgIpc) is 3.29. The molecule has 3 aliphatic carbocycles. The maximum Gasteiger partial charge on any atom is 0.261 e. The third-order valence-electron chi connectivity index (χ3n) is 10.4. The van der Waals surface area contributed by atoms with E-state index in [9.17, 15) is 15.3 Å². The van der Waals surface area contributed by atoms with Crippen LogP contribution in [0.4, 0.5) is 0 Å². The Hall–Kier alpha value is -0.800. The molecule has 1 saturated carbocycles. The summed E-state index contributed by atoms with van der Waals surface area (Å²) in [7, 11) is 0. The molecule has 7 aliphatic rings. The molecule has 0 radical (unpaired) electrons. The average molecular weight is 447 g/mol. The number of fused-ring (bicyclic) bond motifs is 6. The van der Waals surface area contributed by atoms with Crippen molar-refractivity contribution in [3.05, 3.63) is 22.8 Å². The Morgan fingerprint density at radius 1 is 1.06 bits per heavy atom. The van der Waals surface area contributed by atoms with Crippen molar-refractivity contribution in [2.75, 3.05) is 6.61 Å². The van der Waals surface area contributed by atoms with Crippen molar-refractivity contribution in [2.24, 2.45) is 28.6 Å². The van der Waals surface area contributed by atoms with Crippen LogP contribution in [0.15, 0.2) is 22.8 Å². The van der Waals surface area contributed by atoms with Crippen LogP contribution < -0.4 is 0 Å². The highest BCUT2D eigenvalue weighted by Gasteiger charge is 2.86. The minimum Gasteiger partial charge on any atom is -0.379 e. The minimum atomic E-state index is -2.29. The second-order valence-electron chi connectivity index (χ2n) is 12.2. The van der Waals surface area contributed by atoms with E-state index < -0.39 is 35.7 Å². The number of allylic oxidation sites excluding steroid dienone is 3. The molecule has 5 fully saturated rings. The van der Waals surface area contributed by atoms with Crippen molar-refractivity contribution < 1.29 is 34.3 Å². The molecular formula is C25H34O7. The first-order chi connectivity index (χ1) is 15.0. The van der Waals surface area contributed by atoms with Gasteiger partial charge in [-0.25, -0.2) is 0 Å². The monoisotopic (exact) mass is 446 g/mol. The van der Waals surface area contributed by atoms with Crippen molar-refractivity contribution in [1.82, 2.24) is 0 Å². The highest BCUT2D eigenvalue weighted by atomic mass is 16.9. The quantitative estimate of drug-likeness (QED) is 0.532.